The monoisotopic (exact) mass is 180 g/mol. The lowest BCUT2D eigenvalue weighted by atomic mass is 10.0. The van der Waals surface area contributed by atoms with Crippen LogP contribution in [0.25, 0.3) is 0 Å². The Hall–Kier alpha value is -1.22. The number of ether oxygens (including phenoxy) is 2. The van der Waals surface area contributed by atoms with Crippen molar-refractivity contribution in [2.45, 2.75) is 20.0 Å². The quantitative estimate of drug-likeness (QED) is 0.749. The molecule has 1 aliphatic heterocycles. The van der Waals surface area contributed by atoms with Gasteiger partial charge in [0.2, 0.25) is 6.79 Å². The van der Waals surface area contributed by atoms with E-state index in [1.165, 1.54) is 0 Å². The molecule has 0 fully saturated rings. The lowest BCUT2D eigenvalue weighted by molar-refractivity contribution is 0.173. The van der Waals surface area contributed by atoms with Crippen molar-refractivity contribution in [1.29, 1.82) is 0 Å². The topological polar surface area (TPSA) is 38.7 Å². The van der Waals surface area contributed by atoms with Crippen LogP contribution in [0, 0.1) is 0 Å². The third kappa shape index (κ3) is 1.25. The first kappa shape index (κ1) is 8.38. The average Bonchev–Trinajstić information content (AvgIpc) is 2.63. The second-order valence-electron chi connectivity index (χ2n) is 2.95. The van der Waals surface area contributed by atoms with Crippen molar-refractivity contribution in [1.82, 2.24) is 0 Å². The SMILES string of the molecule is CCc1c(CO)ccc2c1OCO2. The van der Waals surface area contributed by atoms with Gasteiger partial charge in [0.25, 0.3) is 0 Å². The van der Waals surface area contributed by atoms with E-state index in [4.69, 9.17) is 14.6 Å². The highest BCUT2D eigenvalue weighted by molar-refractivity contribution is 5.51. The molecule has 0 bridgehead atoms. The van der Waals surface area contributed by atoms with E-state index >= 15 is 0 Å². The molecule has 0 aromatic heterocycles. The van der Waals surface area contributed by atoms with Gasteiger partial charge < -0.3 is 14.6 Å². The molecule has 0 spiro atoms. The normalized spacial score (nSPS) is 13.4. The molecule has 2 rings (SSSR count). The van der Waals surface area contributed by atoms with E-state index in [1.54, 1.807) is 0 Å². The van der Waals surface area contributed by atoms with Crippen molar-refractivity contribution in [3.05, 3.63) is 23.3 Å². The highest BCUT2D eigenvalue weighted by atomic mass is 16.7. The molecule has 1 aromatic rings. The van der Waals surface area contributed by atoms with Crippen molar-refractivity contribution >= 4 is 0 Å². The van der Waals surface area contributed by atoms with Crippen molar-refractivity contribution in [3.8, 4) is 11.5 Å². The summed E-state index contributed by atoms with van der Waals surface area (Å²) in [5.74, 6) is 1.59. The van der Waals surface area contributed by atoms with Gasteiger partial charge in [-0.15, -0.1) is 0 Å². The molecule has 1 aromatic carbocycles. The molecule has 0 saturated carbocycles. The Bertz CT molecular complexity index is 320. The number of benzene rings is 1. The first-order valence-corrected chi connectivity index (χ1v) is 4.38. The van der Waals surface area contributed by atoms with Crippen LogP contribution in [0.5, 0.6) is 11.5 Å². The Labute approximate surface area is 76.9 Å². The van der Waals surface area contributed by atoms with Crippen LogP contribution < -0.4 is 9.47 Å². The van der Waals surface area contributed by atoms with Gasteiger partial charge in [0, 0.05) is 5.56 Å². The van der Waals surface area contributed by atoms with Crippen LogP contribution in [0.2, 0.25) is 0 Å². The molecular formula is C10H12O3. The third-order valence-electron chi connectivity index (χ3n) is 2.26. The molecule has 1 N–H and O–H groups in total. The van der Waals surface area contributed by atoms with Gasteiger partial charge in [0.15, 0.2) is 11.5 Å². The summed E-state index contributed by atoms with van der Waals surface area (Å²) in [5.41, 5.74) is 1.98. The van der Waals surface area contributed by atoms with Gasteiger partial charge in [-0.3, -0.25) is 0 Å². The third-order valence-corrected chi connectivity index (χ3v) is 2.26. The second kappa shape index (κ2) is 3.26. The van der Waals surface area contributed by atoms with Crippen LogP contribution >= 0.6 is 0 Å². The predicted molar refractivity (Wildman–Crippen MR) is 47.9 cm³/mol. The minimum Gasteiger partial charge on any atom is -0.454 e. The molecule has 0 saturated heterocycles. The van der Waals surface area contributed by atoms with Crippen molar-refractivity contribution in [3.63, 3.8) is 0 Å². The summed E-state index contributed by atoms with van der Waals surface area (Å²) in [6.45, 7) is 2.38. The molecule has 13 heavy (non-hydrogen) atoms. The Morgan fingerprint density at radius 1 is 1.38 bits per heavy atom. The average molecular weight is 180 g/mol. The smallest absolute Gasteiger partial charge is 0.231 e. The van der Waals surface area contributed by atoms with Gasteiger partial charge in [-0.05, 0) is 18.1 Å². The predicted octanol–water partition coefficient (Wildman–Crippen LogP) is 1.47. The molecule has 0 unspecified atom stereocenters. The van der Waals surface area contributed by atoms with Gasteiger partial charge in [0.1, 0.15) is 0 Å². The van der Waals surface area contributed by atoms with Crippen LogP contribution in [0.4, 0.5) is 0 Å². The van der Waals surface area contributed by atoms with Gasteiger partial charge in [0.05, 0.1) is 6.61 Å². The Balaban J connectivity index is 2.53. The highest BCUT2D eigenvalue weighted by Gasteiger charge is 2.18. The minimum atomic E-state index is 0.0554. The largest absolute Gasteiger partial charge is 0.454 e. The fraction of sp³-hybridized carbons (Fsp3) is 0.400. The van der Waals surface area contributed by atoms with Crippen LogP contribution in [-0.2, 0) is 13.0 Å². The maximum atomic E-state index is 9.08. The summed E-state index contributed by atoms with van der Waals surface area (Å²) in [4.78, 5) is 0. The number of rotatable bonds is 2. The Morgan fingerprint density at radius 3 is 2.92 bits per heavy atom. The van der Waals surface area contributed by atoms with Gasteiger partial charge in [-0.1, -0.05) is 13.0 Å². The molecule has 0 atom stereocenters. The molecule has 0 radical (unpaired) electrons. The fourth-order valence-corrected chi connectivity index (χ4v) is 1.61. The summed E-state index contributed by atoms with van der Waals surface area (Å²) >= 11 is 0. The van der Waals surface area contributed by atoms with E-state index in [0.29, 0.717) is 0 Å². The van der Waals surface area contributed by atoms with Crippen LogP contribution in [0.1, 0.15) is 18.1 Å². The molecule has 3 heteroatoms. The minimum absolute atomic E-state index is 0.0554. The van der Waals surface area contributed by atoms with Crippen LogP contribution in [-0.4, -0.2) is 11.9 Å². The van der Waals surface area contributed by atoms with Gasteiger partial charge >= 0.3 is 0 Å². The number of aliphatic hydroxyl groups is 1. The maximum Gasteiger partial charge on any atom is 0.231 e. The molecule has 3 nitrogen and oxygen atoms in total. The zero-order chi connectivity index (χ0) is 9.26. The summed E-state index contributed by atoms with van der Waals surface area (Å²) in [7, 11) is 0. The number of hydrogen-bond donors (Lipinski definition) is 1. The lowest BCUT2D eigenvalue weighted by Gasteiger charge is -2.07. The zero-order valence-electron chi connectivity index (χ0n) is 7.54. The standard InChI is InChI=1S/C10H12O3/c1-2-8-7(5-11)3-4-9-10(8)13-6-12-9/h3-4,11H,2,5-6H2,1H3. The number of hydrogen-bond acceptors (Lipinski definition) is 3. The summed E-state index contributed by atoms with van der Waals surface area (Å²) in [6, 6.07) is 3.72. The molecule has 0 aliphatic carbocycles. The van der Waals surface area contributed by atoms with Crippen molar-refractivity contribution in [2.75, 3.05) is 6.79 Å². The first-order chi connectivity index (χ1) is 6.36. The fourth-order valence-electron chi connectivity index (χ4n) is 1.61. The Morgan fingerprint density at radius 2 is 2.23 bits per heavy atom. The van der Waals surface area contributed by atoms with E-state index in [1.807, 2.05) is 19.1 Å². The number of aliphatic hydroxyl groups excluding tert-OH is 1. The van der Waals surface area contributed by atoms with Gasteiger partial charge in [-0.25, -0.2) is 0 Å². The lowest BCUT2D eigenvalue weighted by Crippen LogP contribution is -1.96. The number of fused-ring (bicyclic) bond motifs is 1. The Kier molecular flexibility index (Phi) is 2.10. The second-order valence-corrected chi connectivity index (χ2v) is 2.95. The molecule has 1 heterocycles. The van der Waals surface area contributed by atoms with Crippen LogP contribution in [0.3, 0.4) is 0 Å². The molecule has 0 amide bonds. The van der Waals surface area contributed by atoms with Crippen LogP contribution in [0.15, 0.2) is 12.1 Å². The summed E-state index contributed by atoms with van der Waals surface area (Å²) in [5, 5.41) is 9.08. The molecule has 70 valence electrons. The van der Waals surface area contributed by atoms with E-state index < -0.39 is 0 Å². The first-order valence-electron chi connectivity index (χ1n) is 4.38. The maximum absolute atomic E-state index is 9.08. The van der Waals surface area contributed by atoms with E-state index in [2.05, 4.69) is 0 Å². The van der Waals surface area contributed by atoms with Crippen molar-refractivity contribution < 1.29 is 14.6 Å². The van der Waals surface area contributed by atoms with E-state index in [0.717, 1.165) is 29.0 Å². The molecular weight excluding hydrogens is 168 g/mol. The molecule has 1 aliphatic rings. The summed E-state index contributed by atoms with van der Waals surface area (Å²) < 4.78 is 10.6. The van der Waals surface area contributed by atoms with E-state index in [9.17, 15) is 0 Å². The summed E-state index contributed by atoms with van der Waals surface area (Å²) in [6.07, 6.45) is 0.850. The van der Waals surface area contributed by atoms with Crippen molar-refractivity contribution in [2.24, 2.45) is 0 Å². The highest BCUT2D eigenvalue weighted by Crippen LogP contribution is 2.37. The van der Waals surface area contributed by atoms with E-state index in [-0.39, 0.29) is 13.4 Å². The zero-order valence-corrected chi connectivity index (χ0v) is 7.54. The van der Waals surface area contributed by atoms with Gasteiger partial charge in [-0.2, -0.15) is 0 Å².